The van der Waals surface area contributed by atoms with Gasteiger partial charge >= 0.3 is 5.97 Å². The number of carbonyl (C=O) groups excluding carboxylic acids is 3. The molecule has 0 saturated heterocycles. The maximum atomic E-state index is 13.1. The lowest BCUT2D eigenvalue weighted by atomic mass is 10.0. The summed E-state index contributed by atoms with van der Waals surface area (Å²) in [6.07, 6.45) is 5.31. The first-order valence-electron chi connectivity index (χ1n) is 12.5. The molecule has 8 N–H and O–H groups in total. The molecule has 0 radical (unpaired) electrons. The third-order valence-electron chi connectivity index (χ3n) is 6.14. The molecule has 0 aliphatic carbocycles. The number of carbonyl (C=O) groups is 4. The summed E-state index contributed by atoms with van der Waals surface area (Å²) in [5.74, 6) is -2.90. The smallest absolute Gasteiger partial charge is 0.326 e. The predicted molar refractivity (Wildman–Crippen MR) is 141 cm³/mol. The largest absolute Gasteiger partial charge is 0.480 e. The first kappa shape index (κ1) is 28.4. The second kappa shape index (κ2) is 12.9. The van der Waals surface area contributed by atoms with Crippen molar-refractivity contribution in [1.82, 2.24) is 30.9 Å². The molecule has 3 amide bonds. The minimum absolute atomic E-state index is 0.0238. The third-order valence-corrected chi connectivity index (χ3v) is 6.14. The zero-order valence-electron chi connectivity index (χ0n) is 21.7. The number of nitrogens with one attached hydrogen (secondary N) is 5. The highest BCUT2D eigenvalue weighted by Crippen LogP contribution is 2.19. The van der Waals surface area contributed by atoms with Crippen LogP contribution in [0.25, 0.3) is 10.9 Å². The number of para-hydroxylation sites is 1. The van der Waals surface area contributed by atoms with E-state index in [0.717, 1.165) is 16.5 Å². The van der Waals surface area contributed by atoms with E-state index < -0.39 is 47.9 Å². The van der Waals surface area contributed by atoms with Crippen molar-refractivity contribution in [3.05, 3.63) is 54.2 Å². The zero-order valence-corrected chi connectivity index (χ0v) is 21.7. The lowest BCUT2D eigenvalue weighted by molar-refractivity contribution is -0.142. The van der Waals surface area contributed by atoms with Crippen LogP contribution in [-0.2, 0) is 32.0 Å². The Morgan fingerprint density at radius 1 is 0.947 bits per heavy atom. The number of carboxylic acid groups (broad SMARTS) is 1. The second-order valence-corrected chi connectivity index (χ2v) is 9.77. The van der Waals surface area contributed by atoms with Crippen molar-refractivity contribution in [2.24, 2.45) is 11.7 Å². The van der Waals surface area contributed by atoms with E-state index in [0.29, 0.717) is 5.69 Å². The number of carboxylic acids is 1. The van der Waals surface area contributed by atoms with Gasteiger partial charge in [-0.2, -0.15) is 0 Å². The highest BCUT2D eigenvalue weighted by atomic mass is 16.4. The van der Waals surface area contributed by atoms with E-state index in [1.807, 2.05) is 38.1 Å². The molecule has 12 heteroatoms. The number of aromatic amines is 2. The summed E-state index contributed by atoms with van der Waals surface area (Å²) in [4.78, 5) is 60.3. The van der Waals surface area contributed by atoms with Gasteiger partial charge < -0.3 is 36.8 Å². The molecule has 0 bridgehead atoms. The van der Waals surface area contributed by atoms with Crippen molar-refractivity contribution in [3.63, 3.8) is 0 Å². The Balaban J connectivity index is 1.62. The van der Waals surface area contributed by atoms with Crippen LogP contribution in [0, 0.1) is 5.92 Å². The molecule has 1 aromatic carbocycles. The number of hydrogen-bond donors (Lipinski definition) is 7. The van der Waals surface area contributed by atoms with E-state index in [1.54, 1.807) is 12.4 Å². The van der Waals surface area contributed by atoms with Gasteiger partial charge in [0.15, 0.2) is 0 Å². The van der Waals surface area contributed by atoms with Gasteiger partial charge in [-0.05, 0) is 30.9 Å². The minimum atomic E-state index is -1.20. The van der Waals surface area contributed by atoms with Gasteiger partial charge in [0, 0.05) is 41.8 Å². The number of benzene rings is 1. The molecule has 2 aromatic heterocycles. The molecular formula is C26H35N7O5. The minimum Gasteiger partial charge on any atom is -0.480 e. The van der Waals surface area contributed by atoms with Gasteiger partial charge in [0.2, 0.25) is 17.7 Å². The number of hydrogen-bond acceptors (Lipinski definition) is 6. The lowest BCUT2D eigenvalue weighted by Gasteiger charge is -2.25. The standard InChI is InChI=1S/C26H35N7O5/c1-14(2)8-21(32-23(34)15(3)31-24(35)19(27)10-17-12-28-13-30-17)25(36)33-22(26(37)38)9-16-11-29-20-7-5-4-6-18(16)20/h4-7,11-15,19,21-22,29H,8-10,27H2,1-3H3,(H,28,30)(H,31,35)(H,32,34)(H,33,36)(H,37,38). The number of imidazole rings is 1. The van der Waals surface area contributed by atoms with Crippen LogP contribution in [0.3, 0.4) is 0 Å². The lowest BCUT2D eigenvalue weighted by Crippen LogP contribution is -2.57. The Morgan fingerprint density at radius 2 is 1.66 bits per heavy atom. The molecule has 0 spiro atoms. The molecule has 3 aromatic rings. The third kappa shape index (κ3) is 7.65. The van der Waals surface area contributed by atoms with Crippen LogP contribution in [-0.4, -0.2) is 67.9 Å². The molecule has 12 nitrogen and oxygen atoms in total. The van der Waals surface area contributed by atoms with E-state index in [4.69, 9.17) is 5.73 Å². The summed E-state index contributed by atoms with van der Waals surface area (Å²) in [6.45, 7) is 5.25. The van der Waals surface area contributed by atoms with E-state index in [-0.39, 0.29) is 25.2 Å². The van der Waals surface area contributed by atoms with Crippen molar-refractivity contribution in [3.8, 4) is 0 Å². The van der Waals surface area contributed by atoms with Gasteiger partial charge in [0.05, 0.1) is 12.4 Å². The van der Waals surface area contributed by atoms with Gasteiger partial charge in [-0.3, -0.25) is 14.4 Å². The van der Waals surface area contributed by atoms with Crippen molar-refractivity contribution in [2.75, 3.05) is 0 Å². The molecule has 0 fully saturated rings. The van der Waals surface area contributed by atoms with E-state index in [2.05, 4.69) is 30.9 Å². The van der Waals surface area contributed by atoms with Crippen LogP contribution in [0.4, 0.5) is 0 Å². The first-order valence-corrected chi connectivity index (χ1v) is 12.5. The van der Waals surface area contributed by atoms with E-state index in [9.17, 15) is 24.3 Å². The normalized spacial score (nSPS) is 14.4. The number of nitrogens with zero attached hydrogens (tertiary/aromatic N) is 1. The van der Waals surface area contributed by atoms with Crippen molar-refractivity contribution >= 4 is 34.6 Å². The highest BCUT2D eigenvalue weighted by molar-refractivity contribution is 5.94. The first-order chi connectivity index (χ1) is 18.0. The maximum absolute atomic E-state index is 13.1. The number of fused-ring (bicyclic) bond motifs is 1. The van der Waals surface area contributed by atoms with Crippen LogP contribution in [0.2, 0.25) is 0 Å². The van der Waals surface area contributed by atoms with Gasteiger partial charge in [-0.25, -0.2) is 9.78 Å². The van der Waals surface area contributed by atoms with Gasteiger partial charge in [-0.1, -0.05) is 32.0 Å². The number of nitrogens with two attached hydrogens (primary N) is 1. The number of H-pyrrole nitrogens is 2. The molecule has 2 heterocycles. The SMILES string of the molecule is CC(C)CC(NC(=O)C(C)NC(=O)C(N)Cc1cnc[nH]1)C(=O)NC(Cc1c[nH]c2ccccc12)C(=O)O. The average molecular weight is 526 g/mol. The molecule has 3 rings (SSSR count). The Hall–Kier alpha value is -4.19. The molecule has 38 heavy (non-hydrogen) atoms. The molecule has 4 unspecified atom stereocenters. The summed E-state index contributed by atoms with van der Waals surface area (Å²) in [6, 6.07) is 3.41. The fourth-order valence-corrected chi connectivity index (χ4v) is 4.10. The van der Waals surface area contributed by atoms with Crippen LogP contribution in [0.1, 0.15) is 38.4 Å². The quantitative estimate of drug-likeness (QED) is 0.170. The highest BCUT2D eigenvalue weighted by Gasteiger charge is 2.30. The van der Waals surface area contributed by atoms with Crippen LogP contribution in [0.5, 0.6) is 0 Å². The van der Waals surface area contributed by atoms with Crippen LogP contribution < -0.4 is 21.7 Å². The Bertz CT molecular complexity index is 1250. The monoisotopic (exact) mass is 525 g/mol. The number of aromatic nitrogens is 3. The van der Waals surface area contributed by atoms with Gasteiger partial charge in [-0.15, -0.1) is 0 Å². The van der Waals surface area contributed by atoms with Crippen molar-refractivity contribution in [1.29, 1.82) is 0 Å². The Morgan fingerprint density at radius 3 is 2.32 bits per heavy atom. The maximum Gasteiger partial charge on any atom is 0.326 e. The average Bonchev–Trinajstić information content (AvgIpc) is 3.52. The van der Waals surface area contributed by atoms with Gasteiger partial charge in [0.25, 0.3) is 0 Å². The molecule has 0 aliphatic heterocycles. The second-order valence-electron chi connectivity index (χ2n) is 9.77. The van der Waals surface area contributed by atoms with Crippen molar-refractivity contribution < 1.29 is 24.3 Å². The summed E-state index contributed by atoms with van der Waals surface area (Å²) in [5, 5.41) is 18.4. The molecular weight excluding hydrogens is 490 g/mol. The number of amides is 3. The Kier molecular flexibility index (Phi) is 9.61. The van der Waals surface area contributed by atoms with E-state index >= 15 is 0 Å². The number of rotatable bonds is 13. The topological polar surface area (TPSA) is 195 Å². The summed E-state index contributed by atoms with van der Waals surface area (Å²) in [7, 11) is 0. The van der Waals surface area contributed by atoms with Crippen LogP contribution in [0.15, 0.2) is 43.0 Å². The molecule has 0 aliphatic rings. The number of aliphatic carboxylic acids is 1. The zero-order chi connectivity index (χ0) is 27.8. The van der Waals surface area contributed by atoms with Crippen LogP contribution >= 0.6 is 0 Å². The summed E-state index contributed by atoms with van der Waals surface area (Å²) < 4.78 is 0. The fourth-order valence-electron chi connectivity index (χ4n) is 4.10. The Labute approximate surface area is 220 Å². The summed E-state index contributed by atoms with van der Waals surface area (Å²) >= 11 is 0. The molecule has 204 valence electrons. The molecule has 4 atom stereocenters. The predicted octanol–water partition coefficient (Wildman–Crippen LogP) is 0.609. The fraction of sp³-hybridized carbons (Fsp3) is 0.423. The van der Waals surface area contributed by atoms with Gasteiger partial charge in [0.1, 0.15) is 18.1 Å². The summed E-state index contributed by atoms with van der Waals surface area (Å²) in [5.41, 5.74) is 8.23. The van der Waals surface area contributed by atoms with E-state index in [1.165, 1.54) is 13.3 Å². The molecule has 0 saturated carbocycles. The van der Waals surface area contributed by atoms with Crippen molar-refractivity contribution in [2.45, 2.75) is 64.2 Å².